The molecule has 0 saturated carbocycles. The minimum Gasteiger partial charge on any atom is -0.285 e. The average Bonchev–Trinajstić information content (AvgIpc) is 2.18. The van der Waals surface area contributed by atoms with Crippen molar-refractivity contribution in [3.05, 3.63) is 11.7 Å². The monoisotopic (exact) mass is 212 g/mol. The Balaban J connectivity index is 4.69. The fourth-order valence-corrected chi connectivity index (χ4v) is 0.347. The third-order valence-electron chi connectivity index (χ3n) is 0.800. The quantitative estimate of drug-likeness (QED) is 0.382. The van der Waals surface area contributed by atoms with E-state index in [4.69, 9.17) is 0 Å². The van der Waals surface area contributed by atoms with Gasteiger partial charge in [0.2, 0.25) is 0 Å². The first-order valence-electron chi connectivity index (χ1n) is 2.39. The Morgan fingerprint density at radius 3 is 1.46 bits per heavy atom. The van der Waals surface area contributed by atoms with Crippen LogP contribution in [0.5, 0.6) is 0 Å². The van der Waals surface area contributed by atoms with Gasteiger partial charge in [-0.15, -0.1) is 9.88 Å². The van der Waals surface area contributed by atoms with E-state index in [0.717, 1.165) is 0 Å². The maximum atomic E-state index is 11.4. The second-order valence-corrected chi connectivity index (χ2v) is 1.39. The van der Waals surface area contributed by atoms with E-state index < -0.39 is 18.0 Å². The van der Waals surface area contributed by atoms with E-state index in [2.05, 4.69) is 24.7 Å². The summed E-state index contributed by atoms with van der Waals surface area (Å²) in [7, 11) is 0. The van der Waals surface area contributed by atoms with Gasteiger partial charge in [-0.05, 0) is 9.05 Å². The lowest BCUT2D eigenvalue weighted by atomic mass is 10.5. The minimum absolute atomic E-state index is 1.81. The van der Waals surface area contributed by atoms with Gasteiger partial charge in [0.05, 0.1) is 0 Å². The zero-order valence-corrected chi connectivity index (χ0v) is 5.51. The molecule has 0 unspecified atom stereocenters. The molecule has 5 nitrogen and oxygen atoms in total. The highest BCUT2D eigenvalue weighted by Crippen LogP contribution is 2.19. The van der Waals surface area contributed by atoms with Gasteiger partial charge in [-0.2, -0.15) is 0 Å². The van der Waals surface area contributed by atoms with Crippen LogP contribution in [-0.2, 0) is 24.7 Å². The molecule has 0 bridgehead atoms. The van der Waals surface area contributed by atoms with E-state index in [1.165, 1.54) is 0 Å². The van der Waals surface area contributed by atoms with Gasteiger partial charge in [-0.25, -0.2) is 9.88 Å². The Morgan fingerprint density at radius 2 is 1.23 bits per heavy atom. The molecule has 0 aliphatic rings. The molecule has 0 aromatic rings. The van der Waals surface area contributed by atoms with E-state index in [1.54, 1.807) is 0 Å². The Kier molecular flexibility index (Phi) is 5.63. The molecule has 0 spiro atoms. The summed E-state index contributed by atoms with van der Waals surface area (Å²) in [6.45, 7) is 0. The lowest BCUT2D eigenvalue weighted by Crippen LogP contribution is -2.16. The van der Waals surface area contributed by atoms with Crippen LogP contribution in [0.4, 0.5) is 22.6 Å². The molecule has 13 heavy (non-hydrogen) atoms. The van der Waals surface area contributed by atoms with Crippen molar-refractivity contribution in [2.45, 2.75) is 6.29 Å². The molecule has 0 saturated heterocycles. The maximum Gasteiger partial charge on any atom is 0.412 e. The Labute approximate surface area is 66.7 Å². The molecule has 78 valence electrons. The van der Waals surface area contributed by atoms with Crippen molar-refractivity contribution >= 4 is 0 Å². The summed E-state index contributed by atoms with van der Waals surface area (Å²) in [5.41, 5.74) is 0. The van der Waals surface area contributed by atoms with Crippen LogP contribution in [0.15, 0.2) is 11.7 Å². The van der Waals surface area contributed by atoms with Gasteiger partial charge in [-0.3, -0.25) is 4.94 Å². The molecule has 0 aromatic carbocycles. The molecule has 0 rings (SSSR count). The molecule has 0 aromatic heterocycles. The molecule has 0 fully saturated rings. The Bertz CT molecular complexity index is 164. The van der Waals surface area contributed by atoms with Crippen LogP contribution in [0.3, 0.4) is 0 Å². The molecule has 0 radical (unpaired) electrons. The predicted molar refractivity (Wildman–Crippen MR) is 21.8 cm³/mol. The Hall–Kier alpha value is -1.29. The number of rotatable bonds is 6. The van der Waals surface area contributed by atoms with Crippen molar-refractivity contribution < 1.29 is 47.3 Å². The highest BCUT2D eigenvalue weighted by atomic mass is 19.3. The normalized spacial score (nSPS) is 9.69. The number of halogens is 5. The van der Waals surface area contributed by atoms with Crippen LogP contribution >= 0.6 is 0 Å². The van der Waals surface area contributed by atoms with Gasteiger partial charge in [0.25, 0.3) is 5.76 Å². The van der Waals surface area contributed by atoms with E-state index >= 15 is 0 Å². The molecular weight excluding hydrogens is 211 g/mol. The molecule has 10 heteroatoms. The van der Waals surface area contributed by atoms with Crippen molar-refractivity contribution in [3.8, 4) is 0 Å². The second-order valence-electron chi connectivity index (χ2n) is 1.39. The van der Waals surface area contributed by atoms with Crippen molar-refractivity contribution in [2.75, 3.05) is 0 Å². The van der Waals surface area contributed by atoms with E-state index in [1.807, 2.05) is 0 Å². The molecule has 0 aliphatic carbocycles. The van der Waals surface area contributed by atoms with Crippen molar-refractivity contribution in [2.24, 2.45) is 0 Å². The first kappa shape index (κ1) is 11.7. The third kappa shape index (κ3) is 2.91. The van der Waals surface area contributed by atoms with Crippen LogP contribution in [0.2, 0.25) is 0 Å². The topological polar surface area (TPSA) is 46.2 Å². The first-order chi connectivity index (χ1) is 6.24. The average molecular weight is 212 g/mol. The highest BCUT2D eigenvalue weighted by molar-refractivity contribution is 4.96. The summed E-state index contributed by atoms with van der Waals surface area (Å²) in [6.07, 6.45) is -2.81. The molecule has 0 N–H and O–H groups in total. The molecule has 0 heterocycles. The van der Waals surface area contributed by atoms with Crippen molar-refractivity contribution in [1.29, 1.82) is 0 Å². The van der Waals surface area contributed by atoms with Gasteiger partial charge in [0, 0.05) is 13.6 Å². The smallest absolute Gasteiger partial charge is 0.285 e. The zero-order chi connectivity index (χ0) is 10.3. The summed E-state index contributed by atoms with van der Waals surface area (Å²) in [6, 6.07) is 0. The van der Waals surface area contributed by atoms with Crippen LogP contribution in [0.25, 0.3) is 0 Å². The molecule has 0 aliphatic heterocycles. The van der Waals surface area contributed by atoms with Crippen LogP contribution in [-0.4, -0.2) is 6.29 Å². The van der Waals surface area contributed by atoms with Gasteiger partial charge >= 0.3 is 12.2 Å². The lowest BCUT2D eigenvalue weighted by molar-refractivity contribution is -0.358. The first-order valence-corrected chi connectivity index (χ1v) is 2.39. The fourth-order valence-electron chi connectivity index (χ4n) is 0.347. The molecule has 0 amide bonds. The van der Waals surface area contributed by atoms with Gasteiger partial charge < -0.3 is 0 Å². The SMILES string of the molecule is FOC(OF)=C(OF)C(OF)OF. The van der Waals surface area contributed by atoms with E-state index in [0.29, 0.717) is 0 Å². The fraction of sp³-hybridized carbons (Fsp3) is 0.333. The second kappa shape index (κ2) is 6.25. The van der Waals surface area contributed by atoms with Crippen LogP contribution in [0, 0.1) is 0 Å². The van der Waals surface area contributed by atoms with Gasteiger partial charge in [0.1, 0.15) is 0 Å². The zero-order valence-electron chi connectivity index (χ0n) is 5.51. The van der Waals surface area contributed by atoms with E-state index in [-0.39, 0.29) is 0 Å². The number of hydrogen-bond donors (Lipinski definition) is 0. The Morgan fingerprint density at radius 1 is 0.769 bits per heavy atom. The van der Waals surface area contributed by atoms with Crippen LogP contribution < -0.4 is 0 Å². The van der Waals surface area contributed by atoms with Crippen molar-refractivity contribution in [3.63, 3.8) is 0 Å². The van der Waals surface area contributed by atoms with E-state index in [9.17, 15) is 22.6 Å². The number of hydrogen-bond acceptors (Lipinski definition) is 5. The predicted octanol–water partition coefficient (Wildman–Crippen LogP) is 1.99. The maximum absolute atomic E-state index is 11.4. The minimum atomic E-state index is -2.81. The van der Waals surface area contributed by atoms with Crippen LogP contribution in [0.1, 0.15) is 0 Å². The standard InChI is InChI=1S/C3HF5O5/c4-9-1(2(10-5)11-6)3(12-7)13-8/h2H. The summed E-state index contributed by atoms with van der Waals surface area (Å²) in [5, 5.41) is 0. The van der Waals surface area contributed by atoms with Gasteiger partial charge in [0.15, 0.2) is 0 Å². The van der Waals surface area contributed by atoms with Crippen molar-refractivity contribution in [1.82, 2.24) is 0 Å². The summed E-state index contributed by atoms with van der Waals surface area (Å²) >= 11 is 0. The van der Waals surface area contributed by atoms with Gasteiger partial charge in [-0.1, -0.05) is 0 Å². The third-order valence-corrected chi connectivity index (χ3v) is 0.800. The summed E-state index contributed by atoms with van der Waals surface area (Å²) < 4.78 is 56.2. The lowest BCUT2D eigenvalue weighted by Gasteiger charge is -2.06. The molecule has 0 atom stereocenters. The summed E-state index contributed by atoms with van der Waals surface area (Å²) in [5.74, 6) is -3.77. The molecular formula is C3HF5O5. The highest BCUT2D eigenvalue weighted by Gasteiger charge is 2.30. The largest absolute Gasteiger partial charge is 0.412 e. The summed E-state index contributed by atoms with van der Waals surface area (Å²) in [4.78, 5) is 12.5.